The summed E-state index contributed by atoms with van der Waals surface area (Å²) in [6.07, 6.45) is 4.00. The lowest BCUT2D eigenvalue weighted by molar-refractivity contribution is -0.117. The molecule has 0 fully saturated rings. The lowest BCUT2D eigenvalue weighted by Crippen LogP contribution is -2.21. The van der Waals surface area contributed by atoms with E-state index in [9.17, 15) is 4.79 Å². The van der Waals surface area contributed by atoms with Crippen LogP contribution in [-0.2, 0) is 11.3 Å². The van der Waals surface area contributed by atoms with Crippen molar-refractivity contribution in [1.29, 1.82) is 0 Å². The fourth-order valence-electron chi connectivity index (χ4n) is 1.78. The summed E-state index contributed by atoms with van der Waals surface area (Å²) in [6, 6.07) is 8.12. The van der Waals surface area contributed by atoms with Gasteiger partial charge in [-0.15, -0.1) is 0 Å². The van der Waals surface area contributed by atoms with Gasteiger partial charge < -0.3 is 11.1 Å². The van der Waals surface area contributed by atoms with Crippen molar-refractivity contribution < 1.29 is 4.79 Å². The van der Waals surface area contributed by atoms with Crippen molar-refractivity contribution in [2.45, 2.75) is 13.0 Å². The number of nitrogens with one attached hydrogen (secondary N) is 1. The molecule has 3 N–H and O–H groups in total. The van der Waals surface area contributed by atoms with Crippen LogP contribution in [0.3, 0.4) is 0 Å². The predicted octanol–water partition coefficient (Wildman–Crippen LogP) is 1.20. The fraction of sp³-hybridized carbons (Fsp3) is 0.231. The van der Waals surface area contributed by atoms with E-state index in [0.29, 0.717) is 13.0 Å². The van der Waals surface area contributed by atoms with Gasteiger partial charge in [0.15, 0.2) is 0 Å². The second-order valence-electron chi connectivity index (χ2n) is 3.91. The number of nitrogens with zero attached hydrogens (tertiary/aromatic N) is 1. The molecular formula is C13H15N3O. The molecule has 0 bridgehead atoms. The summed E-state index contributed by atoms with van der Waals surface area (Å²) in [7, 11) is 0. The van der Waals surface area contributed by atoms with E-state index in [1.54, 1.807) is 6.20 Å². The third-order valence-corrected chi connectivity index (χ3v) is 2.63. The van der Waals surface area contributed by atoms with Crippen LogP contribution in [0.4, 0.5) is 0 Å². The number of hydrogen-bond acceptors (Lipinski definition) is 3. The smallest absolute Gasteiger partial charge is 0.218 e. The van der Waals surface area contributed by atoms with Gasteiger partial charge in [-0.25, -0.2) is 0 Å². The SMILES string of the molecule is NC(=O)CCNCc1cccc2cnccc12. The van der Waals surface area contributed by atoms with Gasteiger partial charge in [-0.3, -0.25) is 9.78 Å². The standard InChI is InChI=1S/C13H15N3O/c14-13(17)5-7-16-9-11-3-1-2-10-8-15-6-4-12(10)11/h1-4,6,8,16H,5,7,9H2,(H2,14,17). The molecule has 1 heterocycles. The molecule has 4 heteroatoms. The topological polar surface area (TPSA) is 68.0 Å². The van der Waals surface area contributed by atoms with Crippen LogP contribution in [0.1, 0.15) is 12.0 Å². The van der Waals surface area contributed by atoms with Gasteiger partial charge in [-0.1, -0.05) is 18.2 Å². The molecule has 0 spiro atoms. The quantitative estimate of drug-likeness (QED) is 0.757. The van der Waals surface area contributed by atoms with Crippen molar-refractivity contribution in [2.75, 3.05) is 6.54 Å². The summed E-state index contributed by atoms with van der Waals surface area (Å²) in [4.78, 5) is 14.7. The summed E-state index contributed by atoms with van der Waals surface area (Å²) >= 11 is 0. The Kier molecular flexibility index (Phi) is 3.67. The first-order chi connectivity index (χ1) is 8.27. The second kappa shape index (κ2) is 5.41. The molecule has 0 aliphatic carbocycles. The van der Waals surface area contributed by atoms with Crippen LogP contribution >= 0.6 is 0 Å². The van der Waals surface area contributed by atoms with Crippen molar-refractivity contribution in [3.05, 3.63) is 42.2 Å². The summed E-state index contributed by atoms with van der Waals surface area (Å²) in [5, 5.41) is 5.52. The maximum Gasteiger partial charge on any atom is 0.218 e. The molecule has 0 aliphatic heterocycles. The van der Waals surface area contributed by atoms with Crippen LogP contribution in [0.15, 0.2) is 36.7 Å². The van der Waals surface area contributed by atoms with Gasteiger partial charge in [0, 0.05) is 37.3 Å². The largest absolute Gasteiger partial charge is 0.370 e. The van der Waals surface area contributed by atoms with E-state index < -0.39 is 0 Å². The molecule has 0 unspecified atom stereocenters. The van der Waals surface area contributed by atoms with Crippen molar-refractivity contribution in [3.63, 3.8) is 0 Å². The number of benzene rings is 1. The zero-order valence-corrected chi connectivity index (χ0v) is 9.52. The number of aromatic nitrogens is 1. The Morgan fingerprint density at radius 3 is 3.06 bits per heavy atom. The normalized spacial score (nSPS) is 10.6. The van der Waals surface area contributed by atoms with Crippen LogP contribution in [0.5, 0.6) is 0 Å². The Labute approximate surface area is 99.8 Å². The average molecular weight is 229 g/mol. The predicted molar refractivity (Wildman–Crippen MR) is 67.3 cm³/mol. The van der Waals surface area contributed by atoms with E-state index in [0.717, 1.165) is 11.9 Å². The van der Waals surface area contributed by atoms with Gasteiger partial charge >= 0.3 is 0 Å². The zero-order valence-electron chi connectivity index (χ0n) is 9.52. The number of carbonyl (C=O) groups is 1. The maximum absolute atomic E-state index is 10.6. The maximum atomic E-state index is 10.6. The highest BCUT2D eigenvalue weighted by molar-refractivity contribution is 5.84. The third-order valence-electron chi connectivity index (χ3n) is 2.63. The van der Waals surface area contributed by atoms with Crippen molar-refractivity contribution in [3.8, 4) is 0 Å². The molecule has 0 atom stereocenters. The van der Waals surface area contributed by atoms with Crippen molar-refractivity contribution >= 4 is 16.7 Å². The number of pyridine rings is 1. The van der Waals surface area contributed by atoms with E-state index in [1.807, 2.05) is 24.4 Å². The van der Waals surface area contributed by atoms with Gasteiger partial charge in [0.2, 0.25) is 5.91 Å². The monoisotopic (exact) mass is 229 g/mol. The summed E-state index contributed by atoms with van der Waals surface area (Å²) in [5.41, 5.74) is 6.28. The highest BCUT2D eigenvalue weighted by atomic mass is 16.1. The molecule has 1 aromatic carbocycles. The number of carbonyl (C=O) groups excluding carboxylic acids is 1. The fourth-order valence-corrected chi connectivity index (χ4v) is 1.78. The molecule has 0 saturated carbocycles. The summed E-state index contributed by atoms with van der Waals surface area (Å²) < 4.78 is 0. The molecule has 0 aliphatic rings. The third kappa shape index (κ3) is 3.01. The molecule has 1 amide bonds. The number of nitrogens with two attached hydrogens (primary N) is 1. The summed E-state index contributed by atoms with van der Waals surface area (Å²) in [5.74, 6) is -0.278. The second-order valence-corrected chi connectivity index (χ2v) is 3.91. The van der Waals surface area contributed by atoms with Crippen LogP contribution in [0.25, 0.3) is 10.8 Å². The highest BCUT2D eigenvalue weighted by Gasteiger charge is 2.00. The van der Waals surface area contributed by atoms with Crippen LogP contribution < -0.4 is 11.1 Å². The van der Waals surface area contributed by atoms with E-state index in [4.69, 9.17) is 5.73 Å². The highest BCUT2D eigenvalue weighted by Crippen LogP contribution is 2.16. The molecule has 4 nitrogen and oxygen atoms in total. The minimum Gasteiger partial charge on any atom is -0.370 e. The number of fused-ring (bicyclic) bond motifs is 1. The summed E-state index contributed by atoms with van der Waals surface area (Å²) in [6.45, 7) is 1.34. The van der Waals surface area contributed by atoms with Gasteiger partial charge in [-0.2, -0.15) is 0 Å². The molecular weight excluding hydrogens is 214 g/mol. The molecule has 2 rings (SSSR count). The van der Waals surface area contributed by atoms with Gasteiger partial charge in [0.25, 0.3) is 0 Å². The molecule has 0 saturated heterocycles. The van der Waals surface area contributed by atoms with Crippen molar-refractivity contribution in [1.82, 2.24) is 10.3 Å². The van der Waals surface area contributed by atoms with Gasteiger partial charge in [0.05, 0.1) is 0 Å². The van der Waals surface area contributed by atoms with Crippen LogP contribution in [-0.4, -0.2) is 17.4 Å². The number of primary amides is 1. The average Bonchev–Trinajstić information content (AvgIpc) is 2.34. The molecule has 17 heavy (non-hydrogen) atoms. The van der Waals surface area contributed by atoms with Gasteiger partial charge in [0.1, 0.15) is 0 Å². The lowest BCUT2D eigenvalue weighted by Gasteiger charge is -2.07. The first-order valence-corrected chi connectivity index (χ1v) is 5.58. The molecule has 2 aromatic rings. The Morgan fingerprint density at radius 2 is 2.24 bits per heavy atom. The Hall–Kier alpha value is -1.94. The molecule has 0 radical (unpaired) electrons. The zero-order chi connectivity index (χ0) is 12.1. The Morgan fingerprint density at radius 1 is 1.35 bits per heavy atom. The van der Waals surface area contributed by atoms with Crippen molar-refractivity contribution in [2.24, 2.45) is 5.73 Å². The van der Waals surface area contributed by atoms with E-state index >= 15 is 0 Å². The Balaban J connectivity index is 2.05. The number of rotatable bonds is 5. The van der Waals surface area contributed by atoms with Crippen LogP contribution in [0.2, 0.25) is 0 Å². The van der Waals surface area contributed by atoms with Gasteiger partial charge in [-0.05, 0) is 17.0 Å². The number of amides is 1. The van der Waals surface area contributed by atoms with E-state index in [1.165, 1.54) is 10.9 Å². The first-order valence-electron chi connectivity index (χ1n) is 5.58. The van der Waals surface area contributed by atoms with Crippen LogP contribution in [0, 0.1) is 0 Å². The first kappa shape index (κ1) is 11.5. The molecule has 1 aromatic heterocycles. The minimum absolute atomic E-state index is 0.278. The van der Waals surface area contributed by atoms with E-state index in [2.05, 4.69) is 16.4 Å². The molecule has 88 valence electrons. The Bertz CT molecular complexity index is 520. The minimum atomic E-state index is -0.278. The van der Waals surface area contributed by atoms with E-state index in [-0.39, 0.29) is 5.91 Å². The number of hydrogen-bond donors (Lipinski definition) is 2. The lowest BCUT2D eigenvalue weighted by atomic mass is 10.1.